The molecule has 7 heteroatoms. The molecule has 1 aliphatic carbocycles. The number of benzene rings is 2. The molecule has 2 amide bonds. The van der Waals surface area contributed by atoms with E-state index in [2.05, 4.69) is 55.3 Å². The zero-order valence-electron chi connectivity index (χ0n) is 20.8. The van der Waals surface area contributed by atoms with Gasteiger partial charge in [-0.2, -0.15) is 0 Å². The molecule has 5 rings (SSSR count). The molecular formula is C29H37BrClN3O2. The highest BCUT2D eigenvalue weighted by Gasteiger charge is 2.47. The topological polar surface area (TPSA) is 52.7 Å². The van der Waals surface area contributed by atoms with Gasteiger partial charge >= 0.3 is 0 Å². The lowest BCUT2D eigenvalue weighted by molar-refractivity contribution is -0.138. The van der Waals surface area contributed by atoms with Crippen molar-refractivity contribution in [3.8, 4) is 0 Å². The summed E-state index contributed by atoms with van der Waals surface area (Å²) in [7, 11) is 0. The number of carbonyl (C=O) groups excluding carboxylic acids is 2. The van der Waals surface area contributed by atoms with Gasteiger partial charge < -0.3 is 15.1 Å². The van der Waals surface area contributed by atoms with Gasteiger partial charge in [0.2, 0.25) is 11.8 Å². The molecule has 2 heterocycles. The SMILES string of the molecule is Cl.O=C(NC1CCC1)C(CCN1CCC2(CC1)CCN(Cc1ccc(Br)cc1)C2=O)c1ccccc1. The van der Waals surface area contributed by atoms with Gasteiger partial charge in [-0.15, -0.1) is 12.4 Å². The molecule has 1 spiro atoms. The Morgan fingerprint density at radius 1 is 1.00 bits per heavy atom. The van der Waals surface area contributed by atoms with Crippen LogP contribution in [0.5, 0.6) is 0 Å². The second-order valence-corrected chi connectivity index (χ2v) is 11.5. The van der Waals surface area contributed by atoms with E-state index < -0.39 is 0 Å². The third-order valence-corrected chi connectivity index (χ3v) is 8.93. The first kappa shape index (κ1) is 27.2. The summed E-state index contributed by atoms with van der Waals surface area (Å²) in [5, 5.41) is 3.27. The molecule has 2 aliphatic heterocycles. The fourth-order valence-corrected chi connectivity index (χ4v) is 6.09. The van der Waals surface area contributed by atoms with Crippen molar-refractivity contribution < 1.29 is 9.59 Å². The van der Waals surface area contributed by atoms with Crippen molar-refractivity contribution in [1.82, 2.24) is 15.1 Å². The van der Waals surface area contributed by atoms with Gasteiger partial charge in [-0.05, 0) is 87.8 Å². The van der Waals surface area contributed by atoms with Crippen LogP contribution in [0.3, 0.4) is 0 Å². The lowest BCUT2D eigenvalue weighted by Crippen LogP contribution is -2.46. The van der Waals surface area contributed by atoms with E-state index in [1.807, 2.05) is 30.3 Å². The van der Waals surface area contributed by atoms with E-state index in [9.17, 15) is 9.59 Å². The summed E-state index contributed by atoms with van der Waals surface area (Å²) >= 11 is 3.48. The molecule has 1 unspecified atom stereocenters. The second-order valence-electron chi connectivity index (χ2n) is 10.6. The third kappa shape index (κ3) is 6.15. The molecule has 3 fully saturated rings. The molecule has 1 N–H and O–H groups in total. The number of nitrogens with one attached hydrogen (secondary N) is 1. The number of likely N-dealkylation sites (tertiary alicyclic amines) is 2. The minimum absolute atomic E-state index is 0. The molecule has 1 atom stereocenters. The minimum atomic E-state index is -0.188. The average molecular weight is 575 g/mol. The number of rotatable bonds is 8. The quantitative estimate of drug-likeness (QED) is 0.451. The second kappa shape index (κ2) is 12.1. The molecule has 1 saturated carbocycles. The van der Waals surface area contributed by atoms with Crippen LogP contribution in [0, 0.1) is 5.41 Å². The first-order valence-corrected chi connectivity index (χ1v) is 13.9. The Morgan fingerprint density at radius 2 is 1.67 bits per heavy atom. The molecule has 5 nitrogen and oxygen atoms in total. The number of nitrogens with zero attached hydrogens (tertiary/aromatic N) is 2. The summed E-state index contributed by atoms with van der Waals surface area (Å²) in [6.45, 7) is 4.32. The smallest absolute Gasteiger partial charge is 0.229 e. The van der Waals surface area contributed by atoms with Crippen molar-refractivity contribution in [3.63, 3.8) is 0 Å². The summed E-state index contributed by atoms with van der Waals surface area (Å²) in [4.78, 5) is 31.0. The Balaban J connectivity index is 0.00000304. The van der Waals surface area contributed by atoms with Crippen molar-refractivity contribution in [2.75, 3.05) is 26.2 Å². The van der Waals surface area contributed by atoms with Gasteiger partial charge in [-0.1, -0.05) is 58.4 Å². The van der Waals surface area contributed by atoms with E-state index in [0.29, 0.717) is 18.5 Å². The fourth-order valence-electron chi connectivity index (χ4n) is 5.82. The van der Waals surface area contributed by atoms with Crippen molar-refractivity contribution in [2.45, 2.75) is 63.5 Å². The van der Waals surface area contributed by atoms with Crippen LogP contribution in [0.1, 0.15) is 62.0 Å². The van der Waals surface area contributed by atoms with E-state index in [1.54, 1.807) is 0 Å². The van der Waals surface area contributed by atoms with E-state index >= 15 is 0 Å². The molecule has 0 bridgehead atoms. The van der Waals surface area contributed by atoms with Gasteiger partial charge in [-0.3, -0.25) is 9.59 Å². The monoisotopic (exact) mass is 573 g/mol. The van der Waals surface area contributed by atoms with Crippen LogP contribution < -0.4 is 5.32 Å². The van der Waals surface area contributed by atoms with Crippen molar-refractivity contribution >= 4 is 40.2 Å². The summed E-state index contributed by atoms with van der Waals surface area (Å²) in [5.74, 6) is 0.397. The summed E-state index contributed by atoms with van der Waals surface area (Å²) in [6, 6.07) is 18.8. The average Bonchev–Trinajstić information content (AvgIpc) is 3.14. The van der Waals surface area contributed by atoms with Crippen LogP contribution in [0.2, 0.25) is 0 Å². The maximum Gasteiger partial charge on any atom is 0.229 e. The van der Waals surface area contributed by atoms with Gasteiger partial charge in [0.1, 0.15) is 0 Å². The fraction of sp³-hybridized carbons (Fsp3) is 0.517. The zero-order valence-corrected chi connectivity index (χ0v) is 23.2. The Kier molecular flexibility index (Phi) is 9.13. The number of hydrogen-bond acceptors (Lipinski definition) is 3. The van der Waals surface area contributed by atoms with Crippen LogP contribution >= 0.6 is 28.3 Å². The number of carbonyl (C=O) groups is 2. The number of halogens is 2. The predicted octanol–water partition coefficient (Wildman–Crippen LogP) is 5.53. The number of hydrogen-bond donors (Lipinski definition) is 1. The largest absolute Gasteiger partial charge is 0.353 e. The summed E-state index contributed by atoms with van der Waals surface area (Å²) in [6.07, 6.45) is 7.06. The van der Waals surface area contributed by atoms with Crippen LogP contribution in [-0.4, -0.2) is 53.8 Å². The van der Waals surface area contributed by atoms with Crippen molar-refractivity contribution in [1.29, 1.82) is 0 Å². The predicted molar refractivity (Wildman–Crippen MR) is 149 cm³/mol. The highest BCUT2D eigenvalue weighted by Crippen LogP contribution is 2.42. The normalized spacial score (nSPS) is 20.6. The molecule has 0 aromatic heterocycles. The van der Waals surface area contributed by atoms with Crippen LogP contribution in [0.25, 0.3) is 0 Å². The molecule has 2 saturated heterocycles. The maximum atomic E-state index is 13.4. The number of piperidine rings is 1. The van der Waals surface area contributed by atoms with Crippen LogP contribution in [0.15, 0.2) is 59.1 Å². The Hall–Kier alpha value is -1.89. The first-order valence-electron chi connectivity index (χ1n) is 13.1. The van der Waals surface area contributed by atoms with Gasteiger partial charge in [0.25, 0.3) is 0 Å². The minimum Gasteiger partial charge on any atom is -0.353 e. The van der Waals surface area contributed by atoms with Crippen molar-refractivity contribution in [3.05, 3.63) is 70.2 Å². The van der Waals surface area contributed by atoms with E-state index in [0.717, 1.165) is 74.7 Å². The molecule has 36 heavy (non-hydrogen) atoms. The maximum absolute atomic E-state index is 13.4. The zero-order chi connectivity index (χ0) is 24.3. The molecule has 0 radical (unpaired) electrons. The molecular weight excluding hydrogens is 538 g/mol. The van der Waals surface area contributed by atoms with E-state index in [4.69, 9.17) is 0 Å². The van der Waals surface area contributed by atoms with E-state index in [-0.39, 0.29) is 29.6 Å². The van der Waals surface area contributed by atoms with Gasteiger partial charge in [0.15, 0.2) is 0 Å². The van der Waals surface area contributed by atoms with Crippen molar-refractivity contribution in [2.24, 2.45) is 5.41 Å². The molecule has 2 aromatic rings. The third-order valence-electron chi connectivity index (χ3n) is 8.41. The Morgan fingerprint density at radius 3 is 2.31 bits per heavy atom. The lowest BCUT2D eigenvalue weighted by Gasteiger charge is -2.38. The van der Waals surface area contributed by atoms with Gasteiger partial charge in [-0.25, -0.2) is 0 Å². The molecule has 2 aromatic carbocycles. The van der Waals surface area contributed by atoms with E-state index in [1.165, 1.54) is 12.0 Å². The first-order chi connectivity index (χ1) is 17.0. The highest BCUT2D eigenvalue weighted by molar-refractivity contribution is 9.10. The van der Waals surface area contributed by atoms with Crippen LogP contribution in [0.4, 0.5) is 0 Å². The van der Waals surface area contributed by atoms with Gasteiger partial charge in [0, 0.05) is 23.6 Å². The Bertz CT molecular complexity index is 1020. The summed E-state index contributed by atoms with van der Waals surface area (Å²) in [5.41, 5.74) is 2.10. The highest BCUT2D eigenvalue weighted by atomic mass is 79.9. The Labute approximate surface area is 229 Å². The number of amides is 2. The lowest BCUT2D eigenvalue weighted by atomic mass is 9.77. The molecule has 194 valence electrons. The van der Waals surface area contributed by atoms with Gasteiger partial charge in [0.05, 0.1) is 11.3 Å². The van der Waals surface area contributed by atoms with Crippen LogP contribution in [-0.2, 0) is 16.1 Å². The summed E-state index contributed by atoms with van der Waals surface area (Å²) < 4.78 is 1.06. The molecule has 3 aliphatic rings. The standard InChI is InChI=1S/C29H36BrN3O2.ClH/c30-24-11-9-22(10-12-24)21-33-20-16-29(28(33)35)14-18-32(19-15-29)17-13-26(23-5-2-1-3-6-23)27(34)31-25-7-4-8-25;/h1-3,5-6,9-12,25-26H,4,7-8,13-21H2,(H,31,34);1H.